The van der Waals surface area contributed by atoms with Gasteiger partial charge in [0.15, 0.2) is 0 Å². The summed E-state index contributed by atoms with van der Waals surface area (Å²) in [4.78, 5) is 2.67. The van der Waals surface area contributed by atoms with Crippen LogP contribution in [0, 0.1) is 5.41 Å². The standard InChI is InChI=1S/C13H27N/c1-13(2,3)9-8-12-14-10-6-4-5-7-11-14/h4-12H2,1-3H3. The van der Waals surface area contributed by atoms with Crippen LogP contribution in [0.5, 0.6) is 0 Å². The molecule has 0 saturated carbocycles. The number of hydrogen-bond acceptors (Lipinski definition) is 1. The molecule has 14 heavy (non-hydrogen) atoms. The van der Waals surface area contributed by atoms with Gasteiger partial charge < -0.3 is 4.90 Å². The van der Waals surface area contributed by atoms with E-state index in [0.29, 0.717) is 5.41 Å². The third kappa shape index (κ3) is 5.64. The second-order valence-corrected chi connectivity index (χ2v) is 5.92. The summed E-state index contributed by atoms with van der Waals surface area (Å²) in [6.45, 7) is 11.1. The van der Waals surface area contributed by atoms with Crippen molar-refractivity contribution < 1.29 is 0 Å². The predicted molar refractivity (Wildman–Crippen MR) is 63.6 cm³/mol. The van der Waals surface area contributed by atoms with Gasteiger partial charge in [0.05, 0.1) is 0 Å². The van der Waals surface area contributed by atoms with Crippen molar-refractivity contribution in [2.45, 2.75) is 59.3 Å². The number of likely N-dealkylation sites (tertiary alicyclic amines) is 1. The Labute approximate surface area is 89.9 Å². The molecule has 1 fully saturated rings. The van der Waals surface area contributed by atoms with Crippen molar-refractivity contribution in [3.05, 3.63) is 0 Å². The molecule has 0 N–H and O–H groups in total. The maximum atomic E-state index is 2.67. The molecule has 1 aliphatic rings. The highest BCUT2D eigenvalue weighted by Crippen LogP contribution is 2.21. The second kappa shape index (κ2) is 5.75. The predicted octanol–water partition coefficient (Wildman–Crippen LogP) is 3.69. The van der Waals surface area contributed by atoms with E-state index >= 15 is 0 Å². The molecule has 0 aromatic rings. The summed E-state index contributed by atoms with van der Waals surface area (Å²) in [5, 5.41) is 0. The number of hydrogen-bond donors (Lipinski definition) is 0. The summed E-state index contributed by atoms with van der Waals surface area (Å²) >= 11 is 0. The van der Waals surface area contributed by atoms with Gasteiger partial charge in [0.2, 0.25) is 0 Å². The summed E-state index contributed by atoms with van der Waals surface area (Å²) < 4.78 is 0. The fourth-order valence-corrected chi connectivity index (χ4v) is 2.19. The minimum atomic E-state index is 0.520. The Morgan fingerprint density at radius 3 is 2.00 bits per heavy atom. The molecule has 0 aliphatic carbocycles. The largest absolute Gasteiger partial charge is 0.303 e. The van der Waals surface area contributed by atoms with Crippen LogP contribution in [0.25, 0.3) is 0 Å². The Balaban J connectivity index is 2.10. The normalized spacial score (nSPS) is 20.8. The van der Waals surface area contributed by atoms with E-state index < -0.39 is 0 Å². The Bertz CT molecular complexity index is 138. The van der Waals surface area contributed by atoms with Crippen molar-refractivity contribution in [3.8, 4) is 0 Å². The first kappa shape index (κ1) is 12.0. The van der Waals surface area contributed by atoms with Crippen LogP contribution in [0.1, 0.15) is 59.3 Å². The van der Waals surface area contributed by atoms with Crippen LogP contribution in [-0.2, 0) is 0 Å². The van der Waals surface area contributed by atoms with Gasteiger partial charge in [-0.3, -0.25) is 0 Å². The van der Waals surface area contributed by atoms with Gasteiger partial charge in [-0.05, 0) is 50.7 Å². The first-order chi connectivity index (χ1) is 6.58. The lowest BCUT2D eigenvalue weighted by atomic mass is 9.90. The average molecular weight is 197 g/mol. The number of nitrogens with zero attached hydrogens (tertiary/aromatic N) is 1. The molecule has 0 spiro atoms. The SMILES string of the molecule is CC(C)(C)CCCN1CCCCCC1. The van der Waals surface area contributed by atoms with Crippen LogP contribution in [-0.4, -0.2) is 24.5 Å². The lowest BCUT2D eigenvalue weighted by Crippen LogP contribution is -2.26. The Morgan fingerprint density at radius 1 is 0.929 bits per heavy atom. The molecule has 1 saturated heterocycles. The van der Waals surface area contributed by atoms with Gasteiger partial charge in [0.25, 0.3) is 0 Å². The first-order valence-electron chi connectivity index (χ1n) is 6.30. The van der Waals surface area contributed by atoms with E-state index in [0.717, 1.165) is 0 Å². The van der Waals surface area contributed by atoms with Crippen molar-refractivity contribution in [2.24, 2.45) is 5.41 Å². The quantitative estimate of drug-likeness (QED) is 0.667. The van der Waals surface area contributed by atoms with E-state index in [1.807, 2.05) is 0 Å². The second-order valence-electron chi connectivity index (χ2n) is 5.92. The molecule has 1 heterocycles. The van der Waals surface area contributed by atoms with Crippen LogP contribution >= 0.6 is 0 Å². The highest BCUT2D eigenvalue weighted by molar-refractivity contribution is 4.66. The van der Waals surface area contributed by atoms with Gasteiger partial charge >= 0.3 is 0 Å². The molecular weight excluding hydrogens is 170 g/mol. The third-order valence-electron chi connectivity index (χ3n) is 3.10. The van der Waals surface area contributed by atoms with Crippen LogP contribution in [0.4, 0.5) is 0 Å². The molecule has 1 heteroatoms. The van der Waals surface area contributed by atoms with E-state index in [-0.39, 0.29) is 0 Å². The zero-order valence-electron chi connectivity index (χ0n) is 10.3. The zero-order valence-corrected chi connectivity index (χ0v) is 10.3. The average Bonchev–Trinajstić information content (AvgIpc) is 2.30. The fourth-order valence-electron chi connectivity index (χ4n) is 2.19. The molecule has 0 atom stereocenters. The van der Waals surface area contributed by atoms with E-state index in [1.54, 1.807) is 0 Å². The lowest BCUT2D eigenvalue weighted by Gasteiger charge is -2.23. The summed E-state index contributed by atoms with van der Waals surface area (Å²) in [5.41, 5.74) is 0.520. The van der Waals surface area contributed by atoms with E-state index in [9.17, 15) is 0 Å². The molecule has 1 nitrogen and oxygen atoms in total. The van der Waals surface area contributed by atoms with E-state index in [4.69, 9.17) is 0 Å². The summed E-state index contributed by atoms with van der Waals surface area (Å²) in [5.74, 6) is 0. The van der Waals surface area contributed by atoms with Gasteiger partial charge in [0.1, 0.15) is 0 Å². The molecule has 1 aliphatic heterocycles. The maximum Gasteiger partial charge on any atom is -0.00185 e. The van der Waals surface area contributed by atoms with Gasteiger partial charge in [0, 0.05) is 0 Å². The molecule has 0 unspecified atom stereocenters. The molecule has 1 rings (SSSR count). The number of rotatable bonds is 3. The first-order valence-corrected chi connectivity index (χ1v) is 6.30. The van der Waals surface area contributed by atoms with Crippen molar-refractivity contribution >= 4 is 0 Å². The molecular formula is C13H27N. The van der Waals surface area contributed by atoms with Gasteiger partial charge in [-0.25, -0.2) is 0 Å². The minimum absolute atomic E-state index is 0.520. The van der Waals surface area contributed by atoms with Crippen LogP contribution in [0.3, 0.4) is 0 Å². The van der Waals surface area contributed by atoms with Crippen molar-refractivity contribution in [1.29, 1.82) is 0 Å². The topological polar surface area (TPSA) is 3.24 Å². The summed E-state index contributed by atoms with van der Waals surface area (Å²) in [6, 6.07) is 0. The van der Waals surface area contributed by atoms with Gasteiger partial charge in [-0.1, -0.05) is 33.6 Å². The van der Waals surface area contributed by atoms with Crippen LogP contribution in [0.2, 0.25) is 0 Å². The van der Waals surface area contributed by atoms with Gasteiger partial charge in [-0.2, -0.15) is 0 Å². The van der Waals surface area contributed by atoms with Crippen molar-refractivity contribution in [3.63, 3.8) is 0 Å². The molecule has 0 bridgehead atoms. The highest BCUT2D eigenvalue weighted by atomic mass is 15.1. The van der Waals surface area contributed by atoms with Gasteiger partial charge in [-0.15, -0.1) is 0 Å². The zero-order chi connectivity index (χ0) is 10.4. The third-order valence-corrected chi connectivity index (χ3v) is 3.10. The van der Waals surface area contributed by atoms with E-state index in [2.05, 4.69) is 25.7 Å². The minimum Gasteiger partial charge on any atom is -0.303 e. The summed E-state index contributed by atoms with van der Waals surface area (Å²) in [7, 11) is 0. The maximum absolute atomic E-state index is 2.67. The van der Waals surface area contributed by atoms with Crippen molar-refractivity contribution in [1.82, 2.24) is 4.90 Å². The Morgan fingerprint density at radius 2 is 1.50 bits per heavy atom. The van der Waals surface area contributed by atoms with Crippen molar-refractivity contribution in [2.75, 3.05) is 19.6 Å². The van der Waals surface area contributed by atoms with E-state index in [1.165, 1.54) is 58.2 Å². The smallest absolute Gasteiger partial charge is 0.00185 e. The Hall–Kier alpha value is -0.0400. The Kier molecular flexibility index (Phi) is 4.94. The molecule has 84 valence electrons. The van der Waals surface area contributed by atoms with Crippen LogP contribution in [0.15, 0.2) is 0 Å². The molecule has 0 aromatic carbocycles. The summed E-state index contributed by atoms with van der Waals surface area (Å²) in [6.07, 6.45) is 8.50. The highest BCUT2D eigenvalue weighted by Gasteiger charge is 2.12. The molecule has 0 aromatic heterocycles. The molecule has 0 radical (unpaired) electrons. The van der Waals surface area contributed by atoms with Crippen LogP contribution < -0.4 is 0 Å². The fraction of sp³-hybridized carbons (Fsp3) is 1.00. The lowest BCUT2D eigenvalue weighted by molar-refractivity contribution is 0.255. The monoisotopic (exact) mass is 197 g/mol. The molecule has 0 amide bonds.